The number of carbonyl (C=O) groups is 1. The summed E-state index contributed by atoms with van der Waals surface area (Å²) in [6, 6.07) is 6.98. The number of rotatable bonds is 6. The van der Waals surface area contributed by atoms with Gasteiger partial charge in [0.15, 0.2) is 12.0 Å². The van der Waals surface area contributed by atoms with Crippen molar-refractivity contribution in [3.05, 3.63) is 54.1 Å². The number of anilines is 2. The van der Waals surface area contributed by atoms with E-state index in [2.05, 4.69) is 46.6 Å². The van der Waals surface area contributed by atoms with Crippen LogP contribution in [0.15, 0.2) is 36.9 Å². The third kappa shape index (κ3) is 5.73. The van der Waals surface area contributed by atoms with Crippen molar-refractivity contribution in [2.24, 2.45) is 0 Å². The average Bonchev–Trinajstić information content (AvgIpc) is 3.59. The van der Waals surface area contributed by atoms with Gasteiger partial charge in [-0.15, -0.1) is 5.10 Å². The quantitative estimate of drug-likeness (QED) is 0.368. The van der Waals surface area contributed by atoms with E-state index in [-0.39, 0.29) is 42.2 Å². The first kappa shape index (κ1) is 26.7. The molecule has 2 N–H and O–H groups in total. The highest BCUT2D eigenvalue weighted by Gasteiger charge is 2.35. The molecule has 14 heteroatoms. The number of ether oxygens (including phenoxy) is 1. The Bertz CT molecular complexity index is 1570. The first-order valence-corrected chi connectivity index (χ1v) is 12.7. The monoisotopic (exact) mass is 545 g/mol. The lowest BCUT2D eigenvalue weighted by atomic mass is 10.0. The molecule has 13 nitrogen and oxygen atoms in total. The molecule has 1 aromatic carbocycles. The van der Waals surface area contributed by atoms with E-state index in [1.165, 1.54) is 11.2 Å². The Morgan fingerprint density at radius 1 is 1.27 bits per heavy atom. The van der Waals surface area contributed by atoms with Crippen LogP contribution in [0.4, 0.5) is 16.0 Å². The van der Waals surface area contributed by atoms with Crippen molar-refractivity contribution in [3.63, 3.8) is 0 Å². The number of benzene rings is 1. The Hall–Kier alpha value is -4.93. The number of H-pyrrole nitrogens is 1. The van der Waals surface area contributed by atoms with Crippen LogP contribution in [0.3, 0.4) is 0 Å². The smallest absolute Gasteiger partial charge is 0.293 e. The number of alkyl halides is 1. The molecule has 1 amide bonds. The van der Waals surface area contributed by atoms with Gasteiger partial charge >= 0.3 is 0 Å². The van der Waals surface area contributed by atoms with E-state index in [0.717, 1.165) is 5.69 Å². The molecule has 40 heavy (non-hydrogen) atoms. The van der Waals surface area contributed by atoms with Crippen LogP contribution in [-0.2, 0) is 5.54 Å². The molecule has 0 aliphatic carbocycles. The third-order valence-corrected chi connectivity index (χ3v) is 6.29. The zero-order valence-corrected chi connectivity index (χ0v) is 22.5. The fraction of sp³-hybridized carbons (Fsp3) is 0.385. The van der Waals surface area contributed by atoms with Crippen LogP contribution < -0.4 is 10.1 Å². The number of nitrogens with zero attached hydrogens (tertiary/aromatic N) is 9. The van der Waals surface area contributed by atoms with Crippen LogP contribution in [0.1, 0.15) is 49.2 Å². The highest BCUT2D eigenvalue weighted by molar-refractivity contribution is 5.90. The van der Waals surface area contributed by atoms with Gasteiger partial charge in [0.05, 0.1) is 29.5 Å². The second-order valence-electron chi connectivity index (χ2n) is 10.4. The van der Waals surface area contributed by atoms with E-state index in [1.54, 1.807) is 31.3 Å². The van der Waals surface area contributed by atoms with E-state index in [9.17, 15) is 10.1 Å². The van der Waals surface area contributed by atoms with Gasteiger partial charge in [0.25, 0.3) is 5.91 Å². The number of carbonyl (C=O) groups excluding carboxylic acids is 1. The summed E-state index contributed by atoms with van der Waals surface area (Å²) in [5.41, 5.74) is 1.33. The lowest BCUT2D eigenvalue weighted by Crippen LogP contribution is -2.49. The summed E-state index contributed by atoms with van der Waals surface area (Å²) in [5.74, 6) is 0.971. The molecule has 0 radical (unpaired) electrons. The van der Waals surface area contributed by atoms with Gasteiger partial charge in [-0.3, -0.25) is 14.6 Å². The molecule has 1 aliphatic heterocycles. The van der Waals surface area contributed by atoms with Crippen molar-refractivity contribution >= 4 is 17.5 Å². The van der Waals surface area contributed by atoms with Gasteiger partial charge in [-0.1, -0.05) is 0 Å². The number of aromatic nitrogens is 8. The number of amides is 1. The summed E-state index contributed by atoms with van der Waals surface area (Å²) in [4.78, 5) is 30.8. The van der Waals surface area contributed by atoms with Crippen molar-refractivity contribution in [1.82, 2.24) is 44.8 Å². The normalized spacial score (nSPS) is 17.4. The summed E-state index contributed by atoms with van der Waals surface area (Å²) >= 11 is 0. The van der Waals surface area contributed by atoms with Gasteiger partial charge in [-0.2, -0.15) is 15.3 Å². The summed E-state index contributed by atoms with van der Waals surface area (Å²) in [6.45, 7) is 7.93. The molecular weight excluding hydrogens is 517 g/mol. The first-order chi connectivity index (χ1) is 19.1. The standard InChI is InChI=1S/C26H28FN11O2/c1-15-32-23(36-35-15)24(39)37-8-7-21(19(27)13-37)40-20-6-5-16(9-17(20)10-28)22-29-14-30-25(34-22)33-18-11-31-38(12-18)26(2,3)4/h5-6,9,11-12,14,19,21H,7-8,13H2,1-4H3,(H,32,35,36)(H,29,30,33,34). The molecule has 0 spiro atoms. The fourth-order valence-electron chi connectivity index (χ4n) is 4.18. The topological polar surface area (TPSA) is 163 Å². The highest BCUT2D eigenvalue weighted by atomic mass is 19.1. The van der Waals surface area contributed by atoms with Gasteiger partial charge in [0, 0.05) is 24.7 Å². The van der Waals surface area contributed by atoms with E-state index >= 15 is 4.39 Å². The molecule has 2 unspecified atom stereocenters. The molecule has 5 rings (SSSR count). The minimum atomic E-state index is -1.45. The maximum Gasteiger partial charge on any atom is 0.293 e. The zero-order valence-electron chi connectivity index (χ0n) is 22.5. The Balaban J connectivity index is 1.26. The molecule has 1 fully saturated rings. The molecule has 3 aromatic heterocycles. The minimum Gasteiger partial charge on any atom is -0.486 e. The fourth-order valence-corrected chi connectivity index (χ4v) is 4.18. The zero-order chi connectivity index (χ0) is 28.4. The van der Waals surface area contributed by atoms with Gasteiger partial charge in [-0.05, 0) is 45.9 Å². The first-order valence-electron chi connectivity index (χ1n) is 12.7. The number of nitrogens with one attached hydrogen (secondary N) is 2. The molecule has 4 aromatic rings. The van der Waals surface area contributed by atoms with Crippen molar-refractivity contribution in [1.29, 1.82) is 5.26 Å². The van der Waals surface area contributed by atoms with E-state index in [4.69, 9.17) is 4.74 Å². The molecule has 206 valence electrons. The highest BCUT2D eigenvalue weighted by Crippen LogP contribution is 2.29. The number of aryl methyl sites for hydroxylation is 1. The second kappa shape index (κ2) is 10.7. The number of aromatic amines is 1. The Kier molecular flexibility index (Phi) is 7.12. The lowest BCUT2D eigenvalue weighted by molar-refractivity contribution is 0.0195. The number of nitriles is 1. The van der Waals surface area contributed by atoms with Gasteiger partial charge in [0.2, 0.25) is 11.8 Å². The lowest BCUT2D eigenvalue weighted by Gasteiger charge is -2.34. The number of piperidine rings is 1. The van der Waals surface area contributed by atoms with E-state index < -0.39 is 18.2 Å². The Labute approximate surface area is 229 Å². The van der Waals surface area contributed by atoms with Gasteiger partial charge in [-0.25, -0.2) is 19.3 Å². The van der Waals surface area contributed by atoms with Crippen molar-refractivity contribution < 1.29 is 13.9 Å². The van der Waals surface area contributed by atoms with Crippen LogP contribution in [0, 0.1) is 18.3 Å². The SMILES string of the molecule is Cc1nc(C(=O)N2CCC(Oc3ccc(-c4ncnc(Nc5cnn(C(C)(C)C)c5)n4)cc3C#N)C(F)C2)n[nH]1. The second-order valence-corrected chi connectivity index (χ2v) is 10.4. The van der Waals surface area contributed by atoms with Crippen molar-refractivity contribution in [3.8, 4) is 23.2 Å². The molecule has 1 aliphatic rings. The number of hydrogen-bond acceptors (Lipinski definition) is 10. The summed E-state index contributed by atoms with van der Waals surface area (Å²) < 4.78 is 22.8. The van der Waals surface area contributed by atoms with Crippen LogP contribution in [0.2, 0.25) is 0 Å². The minimum absolute atomic E-state index is 0.00286. The molecule has 4 heterocycles. The van der Waals surface area contributed by atoms with Crippen molar-refractivity contribution in [2.75, 3.05) is 18.4 Å². The summed E-state index contributed by atoms with van der Waals surface area (Å²) in [6.07, 6.45) is 2.88. The van der Waals surface area contributed by atoms with Gasteiger partial charge in [0.1, 0.15) is 30.1 Å². The van der Waals surface area contributed by atoms with E-state index in [0.29, 0.717) is 23.2 Å². The molecular formula is C26H28FN11O2. The summed E-state index contributed by atoms with van der Waals surface area (Å²) in [5, 5.41) is 23.7. The Morgan fingerprint density at radius 2 is 2.10 bits per heavy atom. The van der Waals surface area contributed by atoms with Crippen LogP contribution in [0.5, 0.6) is 5.75 Å². The van der Waals surface area contributed by atoms with E-state index in [1.807, 2.05) is 31.6 Å². The largest absolute Gasteiger partial charge is 0.486 e. The van der Waals surface area contributed by atoms with Crippen molar-refractivity contribution in [2.45, 2.75) is 51.9 Å². The van der Waals surface area contributed by atoms with Gasteiger partial charge < -0.3 is 15.0 Å². The third-order valence-electron chi connectivity index (χ3n) is 6.29. The number of halogens is 1. The molecule has 1 saturated heterocycles. The predicted octanol–water partition coefficient (Wildman–Crippen LogP) is 3.16. The Morgan fingerprint density at radius 3 is 2.77 bits per heavy atom. The molecule has 2 atom stereocenters. The van der Waals surface area contributed by atoms with Crippen LogP contribution in [0.25, 0.3) is 11.4 Å². The summed E-state index contributed by atoms with van der Waals surface area (Å²) in [7, 11) is 0. The molecule has 0 bridgehead atoms. The van der Waals surface area contributed by atoms with Crippen LogP contribution in [-0.4, -0.2) is 76.1 Å². The molecule has 0 saturated carbocycles. The maximum atomic E-state index is 15.0. The van der Waals surface area contributed by atoms with Crippen LogP contribution >= 0.6 is 0 Å². The predicted molar refractivity (Wildman–Crippen MR) is 141 cm³/mol. The number of hydrogen-bond donors (Lipinski definition) is 2. The number of likely N-dealkylation sites (tertiary alicyclic amines) is 1. The average molecular weight is 546 g/mol. The maximum absolute atomic E-state index is 15.0.